The summed E-state index contributed by atoms with van der Waals surface area (Å²) >= 11 is 0. The highest BCUT2D eigenvalue weighted by Gasteiger charge is 2.12. The summed E-state index contributed by atoms with van der Waals surface area (Å²) in [5.41, 5.74) is 1.27. The van der Waals surface area contributed by atoms with E-state index in [1.807, 2.05) is 12.1 Å². The Kier molecular flexibility index (Phi) is 9.87. The topological polar surface area (TPSA) is 39.7 Å². The van der Waals surface area contributed by atoms with Gasteiger partial charge >= 0.3 is 0 Å². The summed E-state index contributed by atoms with van der Waals surface area (Å²) in [6.07, 6.45) is 3.25. The van der Waals surface area contributed by atoms with E-state index in [-0.39, 0.29) is 0 Å². The molecule has 0 saturated carbocycles. The third-order valence-corrected chi connectivity index (χ3v) is 3.58. The smallest absolute Gasteiger partial charge is 0.122 e. The first-order valence-corrected chi connectivity index (χ1v) is 7.62. The molecule has 0 aliphatic carbocycles. The number of hydrogen-bond donors (Lipinski definition) is 1. The van der Waals surface area contributed by atoms with Crippen LogP contribution in [-0.4, -0.2) is 47.6 Å². The van der Waals surface area contributed by atoms with Crippen molar-refractivity contribution in [3.05, 3.63) is 29.8 Å². The molecular weight excluding hydrogens is 266 g/mol. The van der Waals surface area contributed by atoms with Crippen molar-refractivity contribution in [3.63, 3.8) is 0 Å². The minimum Gasteiger partial charge on any atom is -0.496 e. The van der Waals surface area contributed by atoms with Crippen LogP contribution >= 0.6 is 0 Å². The van der Waals surface area contributed by atoms with Crippen LogP contribution in [0.2, 0.25) is 0 Å². The van der Waals surface area contributed by atoms with Crippen molar-refractivity contribution in [1.29, 1.82) is 0 Å². The lowest BCUT2D eigenvalue weighted by atomic mass is 9.94. The van der Waals surface area contributed by atoms with Gasteiger partial charge in [-0.25, -0.2) is 0 Å². The number of rotatable bonds is 12. The second-order valence-corrected chi connectivity index (χ2v) is 5.21. The molecule has 1 unspecified atom stereocenters. The Bertz CT molecular complexity index is 371. The second kappa shape index (κ2) is 11.5. The van der Waals surface area contributed by atoms with Gasteiger partial charge in [-0.2, -0.15) is 0 Å². The molecule has 1 atom stereocenters. The number of nitrogens with one attached hydrogen (secondary N) is 1. The van der Waals surface area contributed by atoms with Gasteiger partial charge in [0.25, 0.3) is 0 Å². The van der Waals surface area contributed by atoms with Crippen LogP contribution in [0.1, 0.15) is 18.4 Å². The van der Waals surface area contributed by atoms with E-state index in [1.165, 1.54) is 5.56 Å². The van der Waals surface area contributed by atoms with E-state index in [4.69, 9.17) is 14.2 Å². The van der Waals surface area contributed by atoms with Crippen LogP contribution < -0.4 is 10.1 Å². The molecule has 1 aromatic carbocycles. The predicted octanol–water partition coefficient (Wildman–Crippen LogP) is 2.52. The molecule has 0 fully saturated rings. The van der Waals surface area contributed by atoms with E-state index in [9.17, 15) is 0 Å². The van der Waals surface area contributed by atoms with E-state index < -0.39 is 0 Å². The van der Waals surface area contributed by atoms with Crippen molar-refractivity contribution in [2.24, 2.45) is 5.92 Å². The van der Waals surface area contributed by atoms with Gasteiger partial charge in [0.15, 0.2) is 0 Å². The van der Waals surface area contributed by atoms with Crippen LogP contribution in [0.15, 0.2) is 24.3 Å². The molecular formula is C17H29NO3. The lowest BCUT2D eigenvalue weighted by molar-refractivity contribution is 0.183. The van der Waals surface area contributed by atoms with Gasteiger partial charge in [-0.05, 0) is 43.4 Å². The van der Waals surface area contributed by atoms with Crippen molar-refractivity contribution in [2.45, 2.75) is 19.3 Å². The first kappa shape index (κ1) is 18.0. The quantitative estimate of drug-likeness (QED) is 0.602. The highest BCUT2D eigenvalue weighted by molar-refractivity contribution is 5.33. The highest BCUT2D eigenvalue weighted by Crippen LogP contribution is 2.22. The van der Waals surface area contributed by atoms with Crippen LogP contribution in [0.5, 0.6) is 5.75 Å². The molecule has 120 valence electrons. The summed E-state index contributed by atoms with van der Waals surface area (Å²) in [6.45, 7) is 3.45. The molecule has 21 heavy (non-hydrogen) atoms. The molecule has 0 spiro atoms. The first-order chi connectivity index (χ1) is 10.3. The van der Waals surface area contributed by atoms with Crippen molar-refractivity contribution < 1.29 is 14.2 Å². The van der Waals surface area contributed by atoms with Crippen molar-refractivity contribution in [3.8, 4) is 5.75 Å². The zero-order valence-corrected chi connectivity index (χ0v) is 13.6. The normalized spacial score (nSPS) is 12.3. The maximum atomic E-state index is 5.45. The van der Waals surface area contributed by atoms with E-state index in [1.54, 1.807) is 21.3 Å². The fourth-order valence-electron chi connectivity index (χ4n) is 2.46. The Morgan fingerprint density at radius 3 is 2.52 bits per heavy atom. The van der Waals surface area contributed by atoms with Crippen molar-refractivity contribution in [1.82, 2.24) is 5.32 Å². The molecule has 0 saturated heterocycles. The van der Waals surface area contributed by atoms with Crippen LogP contribution in [0.3, 0.4) is 0 Å². The van der Waals surface area contributed by atoms with Crippen molar-refractivity contribution in [2.75, 3.05) is 47.6 Å². The molecule has 4 nitrogen and oxygen atoms in total. The Morgan fingerprint density at radius 1 is 1.05 bits per heavy atom. The summed E-state index contributed by atoms with van der Waals surface area (Å²) in [4.78, 5) is 0. The summed E-state index contributed by atoms with van der Waals surface area (Å²) < 4.78 is 15.7. The molecule has 1 rings (SSSR count). The lowest BCUT2D eigenvalue weighted by Gasteiger charge is -2.19. The lowest BCUT2D eigenvalue weighted by Crippen LogP contribution is -2.27. The molecule has 0 aliphatic rings. The van der Waals surface area contributed by atoms with Crippen molar-refractivity contribution >= 4 is 0 Å². The Labute approximate surface area is 128 Å². The molecule has 0 bridgehead atoms. The van der Waals surface area contributed by atoms with Gasteiger partial charge in [-0.15, -0.1) is 0 Å². The average Bonchev–Trinajstić information content (AvgIpc) is 2.52. The Morgan fingerprint density at radius 2 is 1.81 bits per heavy atom. The number of benzene rings is 1. The largest absolute Gasteiger partial charge is 0.496 e. The molecule has 0 radical (unpaired) electrons. The fraction of sp³-hybridized carbons (Fsp3) is 0.647. The molecule has 0 aromatic heterocycles. The van der Waals surface area contributed by atoms with Gasteiger partial charge < -0.3 is 19.5 Å². The number of hydrogen-bond acceptors (Lipinski definition) is 4. The maximum absolute atomic E-state index is 5.45. The van der Waals surface area contributed by atoms with Crippen LogP contribution in [0.4, 0.5) is 0 Å². The van der Waals surface area contributed by atoms with Crippen LogP contribution in [0, 0.1) is 5.92 Å². The number of para-hydroxylation sites is 1. The summed E-state index contributed by atoms with van der Waals surface area (Å²) in [7, 11) is 5.22. The van der Waals surface area contributed by atoms with Gasteiger partial charge in [0.05, 0.1) is 13.7 Å². The van der Waals surface area contributed by atoms with E-state index in [2.05, 4.69) is 17.4 Å². The highest BCUT2D eigenvalue weighted by atomic mass is 16.5. The van der Waals surface area contributed by atoms with E-state index >= 15 is 0 Å². The van der Waals surface area contributed by atoms with Crippen LogP contribution in [0.25, 0.3) is 0 Å². The minimum atomic E-state index is 0.577. The van der Waals surface area contributed by atoms with Gasteiger partial charge in [0.1, 0.15) is 5.75 Å². The van der Waals surface area contributed by atoms with E-state index in [0.29, 0.717) is 5.92 Å². The monoisotopic (exact) mass is 295 g/mol. The minimum absolute atomic E-state index is 0.577. The molecule has 0 amide bonds. The van der Waals surface area contributed by atoms with Gasteiger partial charge in [0, 0.05) is 27.4 Å². The third-order valence-electron chi connectivity index (χ3n) is 3.58. The SMILES string of the molecule is COCCCC(CNCCOC)Cc1ccccc1OC. The number of ether oxygens (including phenoxy) is 3. The Balaban J connectivity index is 2.53. The van der Waals surface area contributed by atoms with Gasteiger partial charge in [0.2, 0.25) is 0 Å². The van der Waals surface area contributed by atoms with Crippen LogP contribution in [-0.2, 0) is 15.9 Å². The third kappa shape index (κ3) is 7.46. The standard InChI is InChI=1S/C17H29NO3/c1-19-11-6-7-15(14-18-10-12-20-2)13-16-8-4-5-9-17(16)21-3/h4-5,8-9,15,18H,6-7,10-14H2,1-3H3. The fourth-order valence-corrected chi connectivity index (χ4v) is 2.46. The summed E-state index contributed by atoms with van der Waals surface area (Å²) in [5, 5.41) is 3.46. The predicted molar refractivity (Wildman–Crippen MR) is 86.0 cm³/mol. The second-order valence-electron chi connectivity index (χ2n) is 5.21. The molecule has 0 aliphatic heterocycles. The first-order valence-electron chi connectivity index (χ1n) is 7.62. The molecule has 1 N–H and O–H groups in total. The Hall–Kier alpha value is -1.10. The number of methoxy groups -OCH3 is 3. The van der Waals surface area contributed by atoms with E-state index in [0.717, 1.165) is 51.3 Å². The van der Waals surface area contributed by atoms with Gasteiger partial charge in [-0.3, -0.25) is 0 Å². The average molecular weight is 295 g/mol. The van der Waals surface area contributed by atoms with Gasteiger partial charge in [-0.1, -0.05) is 18.2 Å². The molecule has 1 aromatic rings. The summed E-state index contributed by atoms with van der Waals surface area (Å²) in [6, 6.07) is 8.26. The molecule has 0 heterocycles. The maximum Gasteiger partial charge on any atom is 0.122 e. The summed E-state index contributed by atoms with van der Waals surface area (Å²) in [5.74, 6) is 1.56. The molecule has 4 heteroatoms. The zero-order valence-electron chi connectivity index (χ0n) is 13.6. The zero-order chi connectivity index (χ0) is 15.3.